The normalized spacial score (nSPS) is 12.2. The van der Waals surface area contributed by atoms with Crippen LogP contribution in [-0.2, 0) is 4.79 Å². The third-order valence-corrected chi connectivity index (χ3v) is 3.89. The summed E-state index contributed by atoms with van der Waals surface area (Å²) >= 11 is 11.7. The molecule has 0 spiro atoms. The number of nitrogens with one attached hydrogen (secondary N) is 1. The summed E-state index contributed by atoms with van der Waals surface area (Å²) < 4.78 is 15.5. The Balaban J connectivity index is 1.62. The minimum Gasteiger partial charge on any atom is -0.482 e. The van der Waals surface area contributed by atoms with E-state index in [-0.39, 0.29) is 41.2 Å². The molecule has 3 rings (SSSR count). The Kier molecular flexibility index (Phi) is 5.63. The molecule has 0 unspecified atom stereocenters. The van der Waals surface area contributed by atoms with Gasteiger partial charge in [-0.05, 0) is 24.3 Å². The molecule has 1 aliphatic heterocycles. The molecule has 1 N–H and O–H groups in total. The Bertz CT molecular complexity index is 935. The van der Waals surface area contributed by atoms with Crippen molar-refractivity contribution in [1.29, 1.82) is 0 Å². The second kappa shape index (κ2) is 8.11. The first-order valence-electron chi connectivity index (χ1n) is 7.42. The van der Waals surface area contributed by atoms with Gasteiger partial charge >= 0.3 is 0 Å². The van der Waals surface area contributed by atoms with Crippen LogP contribution in [0.15, 0.2) is 35.4 Å². The van der Waals surface area contributed by atoms with E-state index in [0.717, 1.165) is 6.21 Å². The van der Waals surface area contributed by atoms with Gasteiger partial charge in [0, 0.05) is 5.02 Å². The van der Waals surface area contributed by atoms with E-state index in [2.05, 4.69) is 10.5 Å². The molecule has 1 aliphatic rings. The van der Waals surface area contributed by atoms with Crippen molar-refractivity contribution in [3.8, 4) is 17.2 Å². The molecular weight excluding hydrogens is 401 g/mol. The van der Waals surface area contributed by atoms with Crippen molar-refractivity contribution >= 4 is 41.0 Å². The molecule has 140 valence electrons. The van der Waals surface area contributed by atoms with Gasteiger partial charge in [0.2, 0.25) is 6.79 Å². The van der Waals surface area contributed by atoms with Crippen molar-refractivity contribution in [1.82, 2.24) is 5.43 Å². The molecule has 2 aromatic rings. The fraction of sp³-hybridized carbons (Fsp3) is 0.125. The molecule has 0 bridgehead atoms. The standard InChI is InChI=1S/C16H11Cl2N3O6/c17-10-1-2-13(11(18)4-10)25-7-16(22)20-19-6-9-3-14-15(27-8-26-14)5-12(9)21(23)24/h1-6H,7-8H2,(H,20,22)/b19-6+. The van der Waals surface area contributed by atoms with E-state index in [1.165, 1.54) is 24.3 Å². The first kappa shape index (κ1) is 18.7. The van der Waals surface area contributed by atoms with Gasteiger partial charge < -0.3 is 14.2 Å². The number of hydrazone groups is 1. The molecule has 0 radical (unpaired) electrons. The van der Waals surface area contributed by atoms with E-state index in [1.807, 2.05) is 0 Å². The second-order valence-corrected chi connectivity index (χ2v) is 6.02. The van der Waals surface area contributed by atoms with E-state index in [4.69, 9.17) is 37.4 Å². The molecule has 0 aromatic heterocycles. The van der Waals surface area contributed by atoms with E-state index in [1.54, 1.807) is 6.07 Å². The van der Waals surface area contributed by atoms with Crippen LogP contribution in [0.1, 0.15) is 5.56 Å². The van der Waals surface area contributed by atoms with Gasteiger partial charge in [-0.3, -0.25) is 14.9 Å². The van der Waals surface area contributed by atoms with Crippen molar-refractivity contribution in [2.24, 2.45) is 5.10 Å². The minimum absolute atomic E-state index is 0.0194. The van der Waals surface area contributed by atoms with Crippen LogP contribution in [-0.4, -0.2) is 30.4 Å². The number of fused-ring (bicyclic) bond motifs is 1. The van der Waals surface area contributed by atoms with Crippen molar-refractivity contribution in [3.63, 3.8) is 0 Å². The van der Waals surface area contributed by atoms with Crippen LogP contribution >= 0.6 is 23.2 Å². The first-order chi connectivity index (χ1) is 12.9. The summed E-state index contributed by atoms with van der Waals surface area (Å²) in [5.41, 5.74) is 2.12. The molecule has 1 heterocycles. The fourth-order valence-corrected chi connectivity index (χ4v) is 2.61. The lowest BCUT2D eigenvalue weighted by Gasteiger charge is -2.07. The maximum Gasteiger partial charge on any atom is 0.282 e. The fourth-order valence-electron chi connectivity index (χ4n) is 2.15. The summed E-state index contributed by atoms with van der Waals surface area (Å²) in [6.45, 7) is -0.379. The number of halogens is 2. The highest BCUT2D eigenvalue weighted by Gasteiger charge is 2.22. The Morgan fingerprint density at radius 2 is 2.04 bits per heavy atom. The van der Waals surface area contributed by atoms with Crippen LogP contribution in [0.2, 0.25) is 10.0 Å². The lowest BCUT2D eigenvalue weighted by atomic mass is 10.1. The number of carbonyl (C=O) groups is 1. The van der Waals surface area contributed by atoms with Crippen LogP contribution in [0, 0.1) is 10.1 Å². The maximum absolute atomic E-state index is 11.8. The van der Waals surface area contributed by atoms with Crippen LogP contribution in [0.25, 0.3) is 0 Å². The summed E-state index contributed by atoms with van der Waals surface area (Å²) in [7, 11) is 0. The number of amides is 1. The van der Waals surface area contributed by atoms with E-state index < -0.39 is 10.8 Å². The molecule has 11 heteroatoms. The van der Waals surface area contributed by atoms with Crippen molar-refractivity contribution in [2.75, 3.05) is 13.4 Å². The maximum atomic E-state index is 11.8. The average molecular weight is 412 g/mol. The minimum atomic E-state index is -0.587. The van der Waals surface area contributed by atoms with Gasteiger partial charge in [0.25, 0.3) is 11.6 Å². The number of benzene rings is 2. The van der Waals surface area contributed by atoms with Gasteiger partial charge in [0.1, 0.15) is 5.75 Å². The van der Waals surface area contributed by atoms with Crippen LogP contribution in [0.5, 0.6) is 17.2 Å². The summed E-state index contributed by atoms with van der Waals surface area (Å²) in [4.78, 5) is 22.4. The molecule has 0 fully saturated rings. The zero-order valence-corrected chi connectivity index (χ0v) is 15.0. The van der Waals surface area contributed by atoms with E-state index >= 15 is 0 Å². The molecule has 0 saturated carbocycles. The number of nitrogens with zero attached hydrogens (tertiary/aromatic N) is 2. The highest BCUT2D eigenvalue weighted by Crippen LogP contribution is 2.37. The largest absolute Gasteiger partial charge is 0.482 e. The molecule has 0 saturated heterocycles. The van der Waals surface area contributed by atoms with Crippen LogP contribution in [0.3, 0.4) is 0 Å². The highest BCUT2D eigenvalue weighted by atomic mass is 35.5. The average Bonchev–Trinajstić information content (AvgIpc) is 3.07. The van der Waals surface area contributed by atoms with Crippen LogP contribution in [0.4, 0.5) is 5.69 Å². The molecule has 0 atom stereocenters. The second-order valence-electron chi connectivity index (χ2n) is 5.18. The van der Waals surface area contributed by atoms with Gasteiger partial charge in [-0.25, -0.2) is 5.43 Å². The first-order valence-corrected chi connectivity index (χ1v) is 8.17. The van der Waals surface area contributed by atoms with Gasteiger partial charge in [-0.2, -0.15) is 5.10 Å². The number of nitro groups is 1. The van der Waals surface area contributed by atoms with E-state index in [0.29, 0.717) is 10.8 Å². The zero-order chi connectivity index (χ0) is 19.4. The predicted octanol–water partition coefficient (Wildman–Crippen LogP) is 3.16. The van der Waals surface area contributed by atoms with Crippen molar-refractivity contribution < 1.29 is 23.9 Å². The van der Waals surface area contributed by atoms with E-state index in [9.17, 15) is 14.9 Å². The van der Waals surface area contributed by atoms with Crippen molar-refractivity contribution in [3.05, 3.63) is 56.1 Å². The number of nitro benzene ring substituents is 1. The van der Waals surface area contributed by atoms with Gasteiger partial charge in [0.15, 0.2) is 18.1 Å². The topological polar surface area (TPSA) is 112 Å². The Morgan fingerprint density at radius 3 is 2.74 bits per heavy atom. The number of hydrogen-bond acceptors (Lipinski definition) is 7. The van der Waals surface area contributed by atoms with Gasteiger partial charge in [-0.1, -0.05) is 23.2 Å². The monoisotopic (exact) mass is 411 g/mol. The molecule has 0 aliphatic carbocycles. The smallest absolute Gasteiger partial charge is 0.282 e. The molecular formula is C16H11Cl2N3O6. The molecule has 27 heavy (non-hydrogen) atoms. The SMILES string of the molecule is O=C(COc1ccc(Cl)cc1Cl)N/N=C/c1cc2c(cc1[N+](=O)[O-])OCO2. The summed E-state index contributed by atoms with van der Waals surface area (Å²) in [6.07, 6.45) is 1.13. The molecule has 1 amide bonds. The van der Waals surface area contributed by atoms with Gasteiger partial charge in [0.05, 0.1) is 27.8 Å². The summed E-state index contributed by atoms with van der Waals surface area (Å²) in [5, 5.41) is 15.5. The summed E-state index contributed by atoms with van der Waals surface area (Å²) in [6, 6.07) is 7.21. The molecule has 9 nitrogen and oxygen atoms in total. The number of ether oxygens (including phenoxy) is 3. The summed E-state index contributed by atoms with van der Waals surface area (Å²) in [5.74, 6) is 0.331. The quantitative estimate of drug-likeness (QED) is 0.443. The predicted molar refractivity (Wildman–Crippen MR) is 96.9 cm³/mol. The zero-order valence-electron chi connectivity index (χ0n) is 13.5. The van der Waals surface area contributed by atoms with Crippen LogP contribution < -0.4 is 19.6 Å². The highest BCUT2D eigenvalue weighted by molar-refractivity contribution is 6.35. The Hall–Kier alpha value is -3.04. The van der Waals surface area contributed by atoms with Gasteiger partial charge in [-0.15, -0.1) is 0 Å². The number of carbonyl (C=O) groups excluding carboxylic acids is 1. The molecule has 2 aromatic carbocycles. The Labute approximate surface area is 162 Å². The lowest BCUT2D eigenvalue weighted by molar-refractivity contribution is -0.385. The third kappa shape index (κ3) is 4.57. The van der Waals surface area contributed by atoms with Crippen molar-refractivity contribution in [2.45, 2.75) is 0 Å². The number of rotatable bonds is 6. The Morgan fingerprint density at radius 1 is 1.30 bits per heavy atom. The third-order valence-electron chi connectivity index (χ3n) is 3.36. The lowest BCUT2D eigenvalue weighted by Crippen LogP contribution is -2.24. The number of hydrogen-bond donors (Lipinski definition) is 1.